The van der Waals surface area contributed by atoms with E-state index in [4.69, 9.17) is 15.0 Å². The molecule has 4 heteroatoms. The summed E-state index contributed by atoms with van der Waals surface area (Å²) < 4.78 is 2.42. The minimum absolute atomic E-state index is 0.641. The first-order valence-corrected chi connectivity index (χ1v) is 18.6. The van der Waals surface area contributed by atoms with Crippen LogP contribution in [0.1, 0.15) is 0 Å². The van der Waals surface area contributed by atoms with Crippen molar-refractivity contribution in [3.8, 4) is 51.0 Å². The molecule has 0 aliphatic heterocycles. The summed E-state index contributed by atoms with van der Waals surface area (Å²) in [5.74, 6) is 1.94. The van der Waals surface area contributed by atoms with Gasteiger partial charge in [0.15, 0.2) is 17.5 Å². The van der Waals surface area contributed by atoms with Gasteiger partial charge in [0.25, 0.3) is 0 Å². The molecule has 0 saturated heterocycles. The van der Waals surface area contributed by atoms with Crippen molar-refractivity contribution in [1.29, 1.82) is 0 Å². The van der Waals surface area contributed by atoms with Gasteiger partial charge in [-0.05, 0) is 79.8 Å². The Kier molecular flexibility index (Phi) is 7.14. The van der Waals surface area contributed by atoms with Gasteiger partial charge in [0.05, 0.1) is 11.0 Å². The molecule has 0 atom stereocenters. The monoisotopic (exact) mass is 700 g/mol. The second-order valence-corrected chi connectivity index (χ2v) is 14.1. The highest BCUT2D eigenvalue weighted by molar-refractivity contribution is 6.23. The second-order valence-electron chi connectivity index (χ2n) is 14.1. The minimum Gasteiger partial charge on any atom is -0.309 e. The van der Waals surface area contributed by atoms with E-state index in [1.807, 2.05) is 30.3 Å². The van der Waals surface area contributed by atoms with Crippen molar-refractivity contribution >= 4 is 54.1 Å². The maximum atomic E-state index is 5.03. The molecule has 55 heavy (non-hydrogen) atoms. The van der Waals surface area contributed by atoms with Gasteiger partial charge in [-0.2, -0.15) is 0 Å². The van der Waals surface area contributed by atoms with Crippen molar-refractivity contribution in [1.82, 2.24) is 19.5 Å². The molecule has 2 aromatic heterocycles. The van der Waals surface area contributed by atoms with Crippen LogP contribution in [0.4, 0.5) is 0 Å². The number of hydrogen-bond donors (Lipinski definition) is 0. The van der Waals surface area contributed by atoms with Crippen molar-refractivity contribution < 1.29 is 0 Å². The SMILES string of the molecule is c1ccc(-c2nc(-c3ccc(-c4cccc(-n5c6cc7ccccc7cc6c6c7ccccc7ccc65)c4)cc3)nc(-c3ccc4ccccc4c3)n2)cc1. The van der Waals surface area contributed by atoms with Gasteiger partial charge in [0.2, 0.25) is 0 Å². The molecule has 0 aliphatic rings. The molecule has 2 heterocycles. The quantitative estimate of drug-likeness (QED) is 0.179. The Balaban J connectivity index is 1.02. The van der Waals surface area contributed by atoms with Crippen LogP contribution in [0.3, 0.4) is 0 Å². The van der Waals surface area contributed by atoms with Gasteiger partial charge in [-0.25, -0.2) is 15.0 Å². The second kappa shape index (κ2) is 12.6. The van der Waals surface area contributed by atoms with Gasteiger partial charge in [0.1, 0.15) is 0 Å². The molecule has 0 unspecified atom stereocenters. The number of aromatic nitrogens is 4. The molecule has 0 bridgehead atoms. The summed E-state index contributed by atoms with van der Waals surface area (Å²) in [7, 11) is 0. The lowest BCUT2D eigenvalue weighted by Crippen LogP contribution is -2.00. The topological polar surface area (TPSA) is 43.6 Å². The van der Waals surface area contributed by atoms with E-state index >= 15 is 0 Å². The summed E-state index contributed by atoms with van der Waals surface area (Å²) in [4.78, 5) is 15.0. The first kappa shape index (κ1) is 31.1. The summed E-state index contributed by atoms with van der Waals surface area (Å²) in [5.41, 5.74) is 8.62. The molecule has 4 nitrogen and oxygen atoms in total. The van der Waals surface area contributed by atoms with E-state index in [1.165, 1.54) is 48.7 Å². The molecule has 0 spiro atoms. The van der Waals surface area contributed by atoms with E-state index in [0.29, 0.717) is 17.5 Å². The van der Waals surface area contributed by atoms with Gasteiger partial charge in [-0.15, -0.1) is 0 Å². The number of fused-ring (bicyclic) bond motifs is 7. The van der Waals surface area contributed by atoms with Crippen molar-refractivity contribution in [2.45, 2.75) is 0 Å². The Bertz CT molecular complexity index is 3250. The molecule has 11 rings (SSSR count). The maximum Gasteiger partial charge on any atom is 0.164 e. The van der Waals surface area contributed by atoms with E-state index in [-0.39, 0.29) is 0 Å². The van der Waals surface area contributed by atoms with Crippen molar-refractivity contribution in [2.24, 2.45) is 0 Å². The summed E-state index contributed by atoms with van der Waals surface area (Å²) in [5, 5.41) is 9.86. The molecular formula is C51H32N4. The fraction of sp³-hybridized carbons (Fsp3) is 0. The Hall–Kier alpha value is -7.43. The molecule has 9 aromatic carbocycles. The molecule has 0 fully saturated rings. The van der Waals surface area contributed by atoms with Crippen LogP contribution >= 0.6 is 0 Å². The van der Waals surface area contributed by atoms with Crippen LogP contribution < -0.4 is 0 Å². The fourth-order valence-corrected chi connectivity index (χ4v) is 8.07. The normalized spacial score (nSPS) is 11.6. The highest BCUT2D eigenvalue weighted by atomic mass is 15.0. The van der Waals surface area contributed by atoms with Gasteiger partial charge in [-0.3, -0.25) is 0 Å². The largest absolute Gasteiger partial charge is 0.309 e. The van der Waals surface area contributed by atoms with Crippen LogP contribution in [-0.4, -0.2) is 19.5 Å². The number of benzene rings is 9. The van der Waals surface area contributed by atoms with Crippen LogP contribution in [0.2, 0.25) is 0 Å². The van der Waals surface area contributed by atoms with Crippen LogP contribution in [0, 0.1) is 0 Å². The Labute approximate surface area is 317 Å². The van der Waals surface area contributed by atoms with Crippen LogP contribution in [0.5, 0.6) is 0 Å². The van der Waals surface area contributed by atoms with E-state index in [9.17, 15) is 0 Å². The fourth-order valence-electron chi connectivity index (χ4n) is 8.07. The molecule has 256 valence electrons. The molecule has 0 amide bonds. The number of nitrogens with zero attached hydrogens (tertiary/aromatic N) is 4. The van der Waals surface area contributed by atoms with Gasteiger partial charge < -0.3 is 4.57 Å². The average molecular weight is 701 g/mol. The van der Waals surface area contributed by atoms with Crippen molar-refractivity contribution in [2.75, 3.05) is 0 Å². The zero-order valence-electron chi connectivity index (χ0n) is 29.8. The molecule has 0 N–H and O–H groups in total. The number of hydrogen-bond acceptors (Lipinski definition) is 3. The lowest BCUT2D eigenvalue weighted by molar-refractivity contribution is 1.07. The third-order valence-corrected chi connectivity index (χ3v) is 10.8. The lowest BCUT2D eigenvalue weighted by Gasteiger charge is -2.12. The molecule has 0 aliphatic carbocycles. The highest BCUT2D eigenvalue weighted by Crippen LogP contribution is 2.39. The van der Waals surface area contributed by atoms with Crippen LogP contribution in [-0.2, 0) is 0 Å². The van der Waals surface area contributed by atoms with Crippen molar-refractivity contribution in [3.05, 3.63) is 194 Å². The molecule has 11 aromatic rings. The first-order valence-electron chi connectivity index (χ1n) is 18.6. The summed E-state index contributed by atoms with van der Waals surface area (Å²) in [6.07, 6.45) is 0. The minimum atomic E-state index is 0.641. The van der Waals surface area contributed by atoms with Gasteiger partial charge in [-0.1, -0.05) is 158 Å². The summed E-state index contributed by atoms with van der Waals surface area (Å²) in [6, 6.07) is 68.8. The first-order chi connectivity index (χ1) is 27.2. The summed E-state index contributed by atoms with van der Waals surface area (Å²) >= 11 is 0. The van der Waals surface area contributed by atoms with E-state index in [2.05, 4.69) is 168 Å². The molecule has 0 radical (unpaired) electrons. The van der Waals surface area contributed by atoms with Gasteiger partial charge >= 0.3 is 0 Å². The molecule has 0 saturated carbocycles. The highest BCUT2D eigenvalue weighted by Gasteiger charge is 2.17. The predicted molar refractivity (Wildman–Crippen MR) is 228 cm³/mol. The predicted octanol–water partition coefficient (Wildman–Crippen LogP) is 13.1. The smallest absolute Gasteiger partial charge is 0.164 e. The Morgan fingerprint density at radius 2 is 0.836 bits per heavy atom. The third kappa shape index (κ3) is 5.34. The standard InChI is InChI=1S/C51H32N4/c1-2-13-36(14-3-1)49-52-50(54-51(53-49)42-26-23-33-11-4-5-15-38(33)29-42)37-24-21-34(22-25-37)39-18-10-19-43(30-39)55-46-28-27-35-12-8-9-20-44(35)48(46)45-31-40-16-6-7-17-41(40)32-47(45)55/h1-32H. The maximum absolute atomic E-state index is 5.03. The summed E-state index contributed by atoms with van der Waals surface area (Å²) in [6.45, 7) is 0. The van der Waals surface area contributed by atoms with Crippen LogP contribution in [0.25, 0.3) is 105 Å². The van der Waals surface area contributed by atoms with E-state index < -0.39 is 0 Å². The Morgan fingerprint density at radius 3 is 1.60 bits per heavy atom. The molecular weight excluding hydrogens is 669 g/mol. The van der Waals surface area contributed by atoms with E-state index in [0.717, 1.165) is 38.9 Å². The van der Waals surface area contributed by atoms with Crippen LogP contribution in [0.15, 0.2) is 194 Å². The zero-order valence-corrected chi connectivity index (χ0v) is 29.8. The van der Waals surface area contributed by atoms with E-state index in [1.54, 1.807) is 0 Å². The van der Waals surface area contributed by atoms with Gasteiger partial charge in [0, 0.05) is 33.2 Å². The van der Waals surface area contributed by atoms with Crippen molar-refractivity contribution in [3.63, 3.8) is 0 Å². The average Bonchev–Trinajstić information content (AvgIpc) is 3.59. The zero-order chi connectivity index (χ0) is 36.3. The Morgan fingerprint density at radius 1 is 0.291 bits per heavy atom. The third-order valence-electron chi connectivity index (χ3n) is 10.8. The lowest BCUT2D eigenvalue weighted by atomic mass is 10.0. The number of rotatable bonds is 5.